The van der Waals surface area contributed by atoms with Gasteiger partial charge < -0.3 is 0 Å². The number of aldehydes is 1. The number of aromatic nitrogens is 2. The van der Waals surface area contributed by atoms with Crippen LogP contribution < -0.4 is 0 Å². The van der Waals surface area contributed by atoms with Crippen molar-refractivity contribution in [3.63, 3.8) is 0 Å². The molecule has 6 heteroatoms. The summed E-state index contributed by atoms with van der Waals surface area (Å²) in [5.74, 6) is -0.513. The zero-order valence-corrected chi connectivity index (χ0v) is 9.94. The van der Waals surface area contributed by atoms with E-state index >= 15 is 0 Å². The first-order valence-corrected chi connectivity index (χ1v) is 6.05. The minimum Gasteiger partial charge on any atom is -0.298 e. The second kappa shape index (κ2) is 4.71. The molecule has 0 N–H and O–H groups in total. The Bertz CT molecular complexity index is 527. The highest BCUT2D eigenvalue weighted by molar-refractivity contribution is 8.01. The summed E-state index contributed by atoms with van der Waals surface area (Å²) in [6, 6.07) is 4.52. The van der Waals surface area contributed by atoms with E-state index < -0.39 is 5.82 Å². The number of halogens is 1. The molecule has 0 bridgehead atoms. The number of carbonyl (C=O) groups is 1. The molecule has 0 saturated carbocycles. The van der Waals surface area contributed by atoms with Crippen LogP contribution in [-0.2, 0) is 0 Å². The van der Waals surface area contributed by atoms with Gasteiger partial charge in [0.1, 0.15) is 10.8 Å². The normalized spacial score (nSPS) is 10.4. The van der Waals surface area contributed by atoms with Gasteiger partial charge in [0.2, 0.25) is 0 Å². The van der Waals surface area contributed by atoms with Crippen molar-refractivity contribution in [1.82, 2.24) is 10.2 Å². The van der Waals surface area contributed by atoms with E-state index in [9.17, 15) is 9.18 Å². The van der Waals surface area contributed by atoms with E-state index in [4.69, 9.17) is 0 Å². The van der Waals surface area contributed by atoms with Crippen LogP contribution in [0.3, 0.4) is 0 Å². The molecule has 0 aliphatic heterocycles. The summed E-state index contributed by atoms with van der Waals surface area (Å²) >= 11 is 2.66. The van der Waals surface area contributed by atoms with Gasteiger partial charge in [0.05, 0.1) is 5.56 Å². The average molecular weight is 254 g/mol. The van der Waals surface area contributed by atoms with Gasteiger partial charge in [-0.1, -0.05) is 29.2 Å². The van der Waals surface area contributed by atoms with E-state index in [1.807, 2.05) is 6.92 Å². The Labute approximate surface area is 99.7 Å². The largest absolute Gasteiger partial charge is 0.298 e. The molecule has 0 aliphatic carbocycles. The fraction of sp³-hybridized carbons (Fsp3) is 0.100. The fourth-order valence-electron chi connectivity index (χ4n) is 1.13. The molecule has 1 aromatic carbocycles. The van der Waals surface area contributed by atoms with Crippen LogP contribution in [0.15, 0.2) is 27.4 Å². The van der Waals surface area contributed by atoms with Crippen molar-refractivity contribution < 1.29 is 9.18 Å². The number of nitrogens with zero attached hydrogens (tertiary/aromatic N) is 2. The number of rotatable bonds is 3. The molecule has 0 amide bonds. The van der Waals surface area contributed by atoms with Crippen LogP contribution in [0.25, 0.3) is 0 Å². The average Bonchev–Trinajstić information content (AvgIpc) is 2.64. The van der Waals surface area contributed by atoms with Crippen molar-refractivity contribution in [2.24, 2.45) is 0 Å². The van der Waals surface area contributed by atoms with Gasteiger partial charge in [-0.3, -0.25) is 4.79 Å². The Balaban J connectivity index is 2.34. The zero-order valence-electron chi connectivity index (χ0n) is 8.31. The maximum absolute atomic E-state index is 13.3. The van der Waals surface area contributed by atoms with Gasteiger partial charge in [0.15, 0.2) is 10.6 Å². The first kappa shape index (κ1) is 11.2. The molecular formula is C10H7FN2OS2. The summed E-state index contributed by atoms with van der Waals surface area (Å²) in [4.78, 5) is 11.3. The molecule has 0 fully saturated rings. The highest BCUT2D eigenvalue weighted by Gasteiger charge is 2.10. The van der Waals surface area contributed by atoms with Crippen LogP contribution >= 0.6 is 23.1 Å². The predicted octanol–water partition coefficient (Wildman–Crippen LogP) is 2.95. The quantitative estimate of drug-likeness (QED) is 0.790. The fourth-order valence-corrected chi connectivity index (χ4v) is 3.02. The predicted molar refractivity (Wildman–Crippen MR) is 60.6 cm³/mol. The third kappa shape index (κ3) is 2.28. The summed E-state index contributed by atoms with van der Waals surface area (Å²) in [5.41, 5.74) is 0.0698. The molecule has 0 saturated heterocycles. The molecule has 2 rings (SSSR count). The molecule has 0 aliphatic rings. The van der Waals surface area contributed by atoms with Crippen molar-refractivity contribution in [3.8, 4) is 0 Å². The summed E-state index contributed by atoms with van der Waals surface area (Å²) < 4.78 is 14.0. The maximum Gasteiger partial charge on any atom is 0.179 e. The van der Waals surface area contributed by atoms with E-state index in [1.165, 1.54) is 29.2 Å². The monoisotopic (exact) mass is 254 g/mol. The zero-order chi connectivity index (χ0) is 11.5. The van der Waals surface area contributed by atoms with Gasteiger partial charge in [-0.15, -0.1) is 10.2 Å². The summed E-state index contributed by atoms with van der Waals surface area (Å²) in [6.45, 7) is 1.84. The van der Waals surface area contributed by atoms with Gasteiger partial charge in [-0.05, 0) is 19.1 Å². The third-order valence-electron chi connectivity index (χ3n) is 1.84. The molecule has 2 aromatic rings. The van der Waals surface area contributed by atoms with Crippen LogP contribution in [0.4, 0.5) is 4.39 Å². The van der Waals surface area contributed by atoms with Crippen LogP contribution in [0.1, 0.15) is 15.4 Å². The van der Waals surface area contributed by atoms with Crippen molar-refractivity contribution in [2.75, 3.05) is 0 Å². The van der Waals surface area contributed by atoms with Crippen LogP contribution in [0, 0.1) is 12.7 Å². The number of benzene rings is 1. The molecule has 82 valence electrons. The minimum absolute atomic E-state index is 0.0698. The Morgan fingerprint density at radius 2 is 2.25 bits per heavy atom. The second-order valence-electron chi connectivity index (χ2n) is 2.96. The smallest absolute Gasteiger partial charge is 0.179 e. The first-order chi connectivity index (χ1) is 7.70. The van der Waals surface area contributed by atoms with Crippen molar-refractivity contribution >= 4 is 29.4 Å². The lowest BCUT2D eigenvalue weighted by Crippen LogP contribution is -1.90. The van der Waals surface area contributed by atoms with Crippen molar-refractivity contribution in [3.05, 3.63) is 34.6 Å². The molecule has 1 heterocycles. The number of carbonyl (C=O) groups excluding carboxylic acids is 1. The first-order valence-electron chi connectivity index (χ1n) is 4.42. The lowest BCUT2D eigenvalue weighted by Gasteiger charge is -2.01. The Morgan fingerprint density at radius 3 is 2.88 bits per heavy atom. The maximum atomic E-state index is 13.3. The standard InChI is InChI=1S/C10H7FN2OS2/c1-6-12-13-10(15-6)16-9-4-2-3-8(11)7(9)5-14/h2-5H,1H3. The van der Waals surface area contributed by atoms with Gasteiger partial charge >= 0.3 is 0 Å². The van der Waals surface area contributed by atoms with Gasteiger partial charge in [-0.25, -0.2) is 4.39 Å². The lowest BCUT2D eigenvalue weighted by atomic mass is 10.2. The summed E-state index contributed by atoms with van der Waals surface area (Å²) in [7, 11) is 0. The molecule has 16 heavy (non-hydrogen) atoms. The van der Waals surface area contributed by atoms with E-state index in [-0.39, 0.29) is 5.56 Å². The van der Waals surface area contributed by atoms with Crippen LogP contribution in [0.5, 0.6) is 0 Å². The second-order valence-corrected chi connectivity index (χ2v) is 5.43. The minimum atomic E-state index is -0.513. The van der Waals surface area contributed by atoms with Crippen LogP contribution in [0.2, 0.25) is 0 Å². The number of aryl methyl sites for hydroxylation is 1. The van der Waals surface area contributed by atoms with E-state index in [0.717, 1.165) is 5.01 Å². The highest BCUT2D eigenvalue weighted by atomic mass is 32.2. The SMILES string of the molecule is Cc1nnc(Sc2cccc(F)c2C=O)s1. The Morgan fingerprint density at radius 1 is 1.44 bits per heavy atom. The molecule has 0 radical (unpaired) electrons. The Hall–Kier alpha value is -1.27. The Kier molecular flexibility index (Phi) is 3.31. The summed E-state index contributed by atoms with van der Waals surface area (Å²) in [6.07, 6.45) is 0.519. The highest BCUT2D eigenvalue weighted by Crippen LogP contribution is 2.32. The molecule has 0 spiro atoms. The van der Waals surface area contributed by atoms with Gasteiger partial charge in [0.25, 0.3) is 0 Å². The van der Waals surface area contributed by atoms with E-state index in [0.29, 0.717) is 15.5 Å². The molecule has 0 unspecified atom stereocenters. The van der Waals surface area contributed by atoms with Gasteiger partial charge in [-0.2, -0.15) is 0 Å². The van der Waals surface area contributed by atoms with Gasteiger partial charge in [0, 0.05) is 4.90 Å². The summed E-state index contributed by atoms with van der Waals surface area (Å²) in [5, 5.41) is 8.60. The number of hydrogen-bond donors (Lipinski definition) is 0. The molecular weight excluding hydrogens is 247 g/mol. The van der Waals surface area contributed by atoms with Crippen molar-refractivity contribution in [1.29, 1.82) is 0 Å². The molecule has 1 aromatic heterocycles. The van der Waals surface area contributed by atoms with Crippen LogP contribution in [-0.4, -0.2) is 16.5 Å². The van der Waals surface area contributed by atoms with E-state index in [2.05, 4.69) is 10.2 Å². The molecule has 0 atom stereocenters. The molecule has 3 nitrogen and oxygen atoms in total. The van der Waals surface area contributed by atoms with E-state index in [1.54, 1.807) is 12.1 Å². The third-order valence-corrected chi connectivity index (χ3v) is 3.80. The topological polar surface area (TPSA) is 42.9 Å². The lowest BCUT2D eigenvalue weighted by molar-refractivity contribution is 0.111. The van der Waals surface area contributed by atoms with Crippen molar-refractivity contribution in [2.45, 2.75) is 16.2 Å². The number of hydrogen-bond acceptors (Lipinski definition) is 5.